The molecule has 1 aromatic heterocycles. The van der Waals surface area contributed by atoms with Crippen LogP contribution in [0.2, 0.25) is 0 Å². The van der Waals surface area contributed by atoms with Gasteiger partial charge in [-0.1, -0.05) is 5.57 Å². The van der Waals surface area contributed by atoms with Crippen molar-refractivity contribution >= 4 is 5.78 Å². The van der Waals surface area contributed by atoms with Gasteiger partial charge in [0.25, 0.3) is 0 Å². The van der Waals surface area contributed by atoms with E-state index in [2.05, 4.69) is 5.10 Å². The highest BCUT2D eigenvalue weighted by atomic mass is 16.1. The number of carbonyl (C=O) groups excluding carboxylic acids is 1. The van der Waals surface area contributed by atoms with Gasteiger partial charge in [-0.2, -0.15) is 5.10 Å². The zero-order valence-electron chi connectivity index (χ0n) is 10.1. The molecule has 0 radical (unpaired) electrons. The van der Waals surface area contributed by atoms with Crippen molar-refractivity contribution in [1.82, 2.24) is 9.78 Å². The highest BCUT2D eigenvalue weighted by molar-refractivity contribution is 5.92. The van der Waals surface area contributed by atoms with Gasteiger partial charge in [-0.3, -0.25) is 9.48 Å². The largest absolute Gasteiger partial charge is 0.294 e. The summed E-state index contributed by atoms with van der Waals surface area (Å²) >= 11 is 0. The first-order valence-corrected chi connectivity index (χ1v) is 5.08. The molecule has 82 valence electrons. The molecule has 0 aliphatic carbocycles. The highest BCUT2D eigenvalue weighted by Crippen LogP contribution is 2.13. The maximum Gasteiger partial charge on any atom is 0.160 e. The summed E-state index contributed by atoms with van der Waals surface area (Å²) in [5, 5.41) is 4.29. The van der Waals surface area contributed by atoms with Crippen LogP contribution >= 0.6 is 0 Å². The van der Waals surface area contributed by atoms with Crippen LogP contribution < -0.4 is 0 Å². The molecule has 1 heterocycles. The van der Waals surface area contributed by atoms with E-state index < -0.39 is 0 Å². The summed E-state index contributed by atoms with van der Waals surface area (Å²) in [6.45, 7) is 7.80. The summed E-state index contributed by atoms with van der Waals surface area (Å²) in [4.78, 5) is 11.6. The predicted molar refractivity (Wildman–Crippen MR) is 60.8 cm³/mol. The van der Waals surface area contributed by atoms with E-state index in [0.717, 1.165) is 22.5 Å². The van der Waals surface area contributed by atoms with Gasteiger partial charge < -0.3 is 0 Å². The Morgan fingerprint density at radius 3 is 2.40 bits per heavy atom. The summed E-state index contributed by atoms with van der Waals surface area (Å²) in [6, 6.07) is 0. The molecular weight excluding hydrogens is 188 g/mol. The van der Waals surface area contributed by atoms with Gasteiger partial charge in [0, 0.05) is 24.7 Å². The zero-order valence-corrected chi connectivity index (χ0v) is 10.1. The molecule has 0 bridgehead atoms. The van der Waals surface area contributed by atoms with Crippen LogP contribution in [0.1, 0.15) is 30.8 Å². The summed E-state index contributed by atoms with van der Waals surface area (Å²) in [7, 11) is 1.90. The fraction of sp³-hybridized carbons (Fsp3) is 0.500. The second-order valence-electron chi connectivity index (χ2n) is 4.14. The van der Waals surface area contributed by atoms with Crippen molar-refractivity contribution in [3.05, 3.63) is 28.6 Å². The van der Waals surface area contributed by atoms with Crippen molar-refractivity contribution in [2.24, 2.45) is 7.05 Å². The van der Waals surface area contributed by atoms with Crippen molar-refractivity contribution in [2.75, 3.05) is 0 Å². The Bertz CT molecular complexity index is 410. The van der Waals surface area contributed by atoms with Crippen molar-refractivity contribution in [3.63, 3.8) is 0 Å². The number of aryl methyl sites for hydroxylation is 2. The average Bonchev–Trinajstić information content (AvgIpc) is 2.31. The SMILES string of the molecule is CC(C)=CC(=O)Cc1c(C)nn(C)c1C. The molecule has 0 amide bonds. The fourth-order valence-corrected chi connectivity index (χ4v) is 1.62. The van der Waals surface area contributed by atoms with E-state index in [1.807, 2.05) is 39.4 Å². The van der Waals surface area contributed by atoms with Gasteiger partial charge in [-0.05, 0) is 33.8 Å². The maximum atomic E-state index is 11.6. The molecule has 0 spiro atoms. The Hall–Kier alpha value is -1.38. The van der Waals surface area contributed by atoms with Gasteiger partial charge >= 0.3 is 0 Å². The Morgan fingerprint density at radius 2 is 2.00 bits per heavy atom. The molecule has 1 rings (SSSR count). The second kappa shape index (κ2) is 4.43. The summed E-state index contributed by atoms with van der Waals surface area (Å²) in [5.41, 5.74) is 4.12. The number of nitrogens with zero attached hydrogens (tertiary/aromatic N) is 2. The molecule has 0 fully saturated rings. The van der Waals surface area contributed by atoms with E-state index in [1.54, 1.807) is 6.08 Å². The van der Waals surface area contributed by atoms with E-state index in [4.69, 9.17) is 0 Å². The molecule has 0 saturated carbocycles. The molecule has 3 heteroatoms. The van der Waals surface area contributed by atoms with Gasteiger partial charge in [0.2, 0.25) is 0 Å². The smallest absolute Gasteiger partial charge is 0.160 e. The van der Waals surface area contributed by atoms with E-state index in [0.29, 0.717) is 6.42 Å². The lowest BCUT2D eigenvalue weighted by Gasteiger charge is -1.99. The van der Waals surface area contributed by atoms with Crippen LogP contribution in [0.4, 0.5) is 0 Å². The number of aromatic nitrogens is 2. The van der Waals surface area contributed by atoms with Gasteiger partial charge in [-0.15, -0.1) is 0 Å². The van der Waals surface area contributed by atoms with Crippen molar-refractivity contribution < 1.29 is 4.79 Å². The topological polar surface area (TPSA) is 34.9 Å². The van der Waals surface area contributed by atoms with Gasteiger partial charge in [0.1, 0.15) is 0 Å². The molecule has 0 unspecified atom stereocenters. The molecule has 0 saturated heterocycles. The first-order valence-electron chi connectivity index (χ1n) is 5.08. The zero-order chi connectivity index (χ0) is 11.6. The van der Waals surface area contributed by atoms with Crippen LogP contribution in [-0.4, -0.2) is 15.6 Å². The van der Waals surface area contributed by atoms with Crippen LogP contribution in [0.15, 0.2) is 11.6 Å². The number of allylic oxidation sites excluding steroid dienone is 2. The van der Waals surface area contributed by atoms with Crippen LogP contribution in [0.25, 0.3) is 0 Å². The third kappa shape index (κ3) is 2.78. The minimum absolute atomic E-state index is 0.147. The lowest BCUT2D eigenvalue weighted by molar-refractivity contribution is -0.114. The number of hydrogen-bond acceptors (Lipinski definition) is 2. The van der Waals surface area contributed by atoms with Crippen molar-refractivity contribution in [3.8, 4) is 0 Å². The molecule has 15 heavy (non-hydrogen) atoms. The van der Waals surface area contributed by atoms with Crippen LogP contribution in [0.5, 0.6) is 0 Å². The molecule has 0 aromatic carbocycles. The van der Waals surface area contributed by atoms with E-state index >= 15 is 0 Å². The first kappa shape index (κ1) is 11.7. The molecule has 0 N–H and O–H groups in total. The number of rotatable bonds is 3. The number of ketones is 1. The number of carbonyl (C=O) groups is 1. The van der Waals surface area contributed by atoms with Crippen molar-refractivity contribution in [1.29, 1.82) is 0 Å². The summed E-state index contributed by atoms with van der Waals surface area (Å²) in [6.07, 6.45) is 2.14. The predicted octanol–water partition coefficient (Wildman–Crippen LogP) is 2.11. The van der Waals surface area contributed by atoms with E-state index in [-0.39, 0.29) is 5.78 Å². The van der Waals surface area contributed by atoms with Crippen LogP contribution in [0.3, 0.4) is 0 Å². The minimum Gasteiger partial charge on any atom is -0.294 e. The molecule has 3 nitrogen and oxygen atoms in total. The lowest BCUT2D eigenvalue weighted by Crippen LogP contribution is -2.02. The third-order valence-corrected chi connectivity index (χ3v) is 2.46. The van der Waals surface area contributed by atoms with Crippen LogP contribution in [-0.2, 0) is 18.3 Å². The Kier molecular flexibility index (Phi) is 3.45. The monoisotopic (exact) mass is 206 g/mol. The van der Waals surface area contributed by atoms with Crippen molar-refractivity contribution in [2.45, 2.75) is 34.1 Å². The lowest BCUT2D eigenvalue weighted by atomic mass is 10.1. The van der Waals surface area contributed by atoms with E-state index in [1.165, 1.54) is 0 Å². The summed E-state index contributed by atoms with van der Waals surface area (Å²) < 4.78 is 1.82. The first-order chi connectivity index (χ1) is 6.91. The van der Waals surface area contributed by atoms with Gasteiger partial charge in [0.15, 0.2) is 5.78 Å². The standard InChI is InChI=1S/C12H18N2O/c1-8(2)6-11(15)7-12-9(3)13-14(5)10(12)4/h6H,7H2,1-5H3. The average molecular weight is 206 g/mol. The molecule has 0 aliphatic heterocycles. The Labute approximate surface area is 90.8 Å². The van der Waals surface area contributed by atoms with Crippen LogP contribution in [0, 0.1) is 13.8 Å². The molecular formula is C12H18N2O. The van der Waals surface area contributed by atoms with Gasteiger partial charge in [0.05, 0.1) is 5.69 Å². The molecule has 1 aromatic rings. The maximum absolute atomic E-state index is 11.6. The number of hydrogen-bond donors (Lipinski definition) is 0. The highest BCUT2D eigenvalue weighted by Gasteiger charge is 2.11. The second-order valence-corrected chi connectivity index (χ2v) is 4.14. The minimum atomic E-state index is 0.147. The quantitative estimate of drug-likeness (QED) is 0.710. The molecule has 0 aliphatic rings. The van der Waals surface area contributed by atoms with E-state index in [9.17, 15) is 4.79 Å². The van der Waals surface area contributed by atoms with Gasteiger partial charge in [-0.25, -0.2) is 0 Å². The molecule has 0 atom stereocenters. The summed E-state index contributed by atoms with van der Waals surface area (Å²) in [5.74, 6) is 0.147. The Morgan fingerprint density at radius 1 is 1.40 bits per heavy atom. The Balaban J connectivity index is 2.90. The third-order valence-electron chi connectivity index (χ3n) is 2.46. The fourth-order valence-electron chi connectivity index (χ4n) is 1.62. The normalized spacial score (nSPS) is 10.2.